The predicted octanol–water partition coefficient (Wildman–Crippen LogP) is 6.23. The molecule has 2 heterocycles. The number of rotatable bonds is 5. The number of hydrogen-bond donors (Lipinski definition) is 1. The van der Waals surface area contributed by atoms with Gasteiger partial charge in [-0.1, -0.05) is 24.3 Å². The van der Waals surface area contributed by atoms with E-state index in [9.17, 15) is 9.18 Å². The molecule has 34 heavy (non-hydrogen) atoms. The number of hydrogen-bond acceptors (Lipinski definition) is 5. The number of nitrogens with one attached hydrogen (secondary N) is 1. The molecule has 1 fully saturated rings. The van der Waals surface area contributed by atoms with E-state index in [1.165, 1.54) is 34.9 Å². The molecule has 2 aliphatic rings. The van der Waals surface area contributed by atoms with Gasteiger partial charge in [0.1, 0.15) is 5.82 Å². The van der Waals surface area contributed by atoms with Gasteiger partial charge in [0, 0.05) is 29.1 Å². The molecular formula is C27H28FN3O2S. The number of allylic oxidation sites excluding steroid dienone is 1. The van der Waals surface area contributed by atoms with E-state index < -0.39 is 0 Å². The van der Waals surface area contributed by atoms with Crippen molar-refractivity contribution in [3.05, 3.63) is 76.8 Å². The molecule has 0 spiro atoms. The molecule has 1 amide bonds. The Hall–Kier alpha value is -3.06. The highest BCUT2D eigenvalue weighted by molar-refractivity contribution is 7.03. The van der Waals surface area contributed by atoms with Crippen molar-refractivity contribution < 1.29 is 13.9 Å². The number of ether oxygens (including phenoxy) is 1. The van der Waals surface area contributed by atoms with Crippen LogP contribution in [0.4, 0.5) is 9.18 Å². The Balaban J connectivity index is 1.32. The van der Waals surface area contributed by atoms with Crippen LogP contribution in [-0.4, -0.2) is 28.1 Å². The number of nitrogens with zero attached hydrogens (tertiary/aromatic N) is 2. The molecule has 0 saturated heterocycles. The van der Waals surface area contributed by atoms with Crippen molar-refractivity contribution >= 4 is 23.7 Å². The Bertz CT molecular complexity index is 1180. The first-order chi connectivity index (χ1) is 16.6. The van der Waals surface area contributed by atoms with Crippen LogP contribution in [0.15, 0.2) is 54.1 Å². The molecule has 1 saturated carbocycles. The van der Waals surface area contributed by atoms with Crippen LogP contribution in [0.1, 0.15) is 49.1 Å². The number of carbonyl (C=O) groups is 1. The van der Waals surface area contributed by atoms with Gasteiger partial charge in [-0.2, -0.15) is 4.37 Å². The zero-order valence-electron chi connectivity index (χ0n) is 19.1. The third-order valence-corrected chi connectivity index (χ3v) is 7.68. The van der Waals surface area contributed by atoms with Crippen LogP contribution >= 0.6 is 11.5 Å². The first-order valence-electron chi connectivity index (χ1n) is 11.9. The van der Waals surface area contributed by atoms with Gasteiger partial charge in [-0.25, -0.2) is 9.18 Å². The topological polar surface area (TPSA) is 64.1 Å². The predicted molar refractivity (Wildman–Crippen MR) is 132 cm³/mol. The van der Waals surface area contributed by atoms with Gasteiger partial charge < -0.3 is 10.1 Å². The first kappa shape index (κ1) is 22.7. The summed E-state index contributed by atoms with van der Waals surface area (Å²) in [5, 5.41) is 5.21. The number of fused-ring (bicyclic) bond motifs is 2. The Morgan fingerprint density at radius 1 is 1.26 bits per heavy atom. The Kier molecular flexibility index (Phi) is 6.72. The summed E-state index contributed by atoms with van der Waals surface area (Å²) in [6.07, 6.45) is 9.77. The molecule has 0 radical (unpaired) electrons. The van der Waals surface area contributed by atoms with Gasteiger partial charge in [-0.15, -0.1) is 0 Å². The fraction of sp³-hybridized carbons (Fsp3) is 0.370. The van der Waals surface area contributed by atoms with Gasteiger partial charge in [-0.05, 0) is 91.4 Å². The SMILES string of the molecule is CCOC(=O)N[C@@H]1CC[C@@H]2[C@H](Cc3csnc3[C@H]2/C=C/c2ccc(-c3cccc(F)c3)cn2)C1. The maximum atomic E-state index is 13.5. The summed E-state index contributed by atoms with van der Waals surface area (Å²) in [6.45, 7) is 2.21. The normalized spacial score (nSPS) is 23.8. The molecule has 0 aliphatic heterocycles. The molecule has 5 rings (SSSR count). The summed E-state index contributed by atoms with van der Waals surface area (Å²) in [5.41, 5.74) is 5.10. The number of amides is 1. The van der Waals surface area contributed by atoms with E-state index in [0.717, 1.165) is 42.5 Å². The molecular weight excluding hydrogens is 449 g/mol. The second-order valence-corrected chi connectivity index (χ2v) is 9.72. The maximum absolute atomic E-state index is 13.5. The second-order valence-electron chi connectivity index (χ2n) is 9.09. The van der Waals surface area contributed by atoms with Crippen LogP contribution in [0, 0.1) is 17.7 Å². The number of alkyl carbamates (subject to hydrolysis) is 1. The van der Waals surface area contributed by atoms with Crippen molar-refractivity contribution in [2.45, 2.75) is 44.6 Å². The molecule has 2 aromatic heterocycles. The third-order valence-electron chi connectivity index (χ3n) is 6.99. The highest BCUT2D eigenvalue weighted by atomic mass is 32.1. The van der Waals surface area contributed by atoms with Gasteiger partial charge >= 0.3 is 6.09 Å². The summed E-state index contributed by atoms with van der Waals surface area (Å²) >= 11 is 1.53. The van der Waals surface area contributed by atoms with Crippen LogP contribution in [0.5, 0.6) is 0 Å². The van der Waals surface area contributed by atoms with Crippen molar-refractivity contribution in [3.8, 4) is 11.1 Å². The van der Waals surface area contributed by atoms with E-state index in [-0.39, 0.29) is 23.9 Å². The van der Waals surface area contributed by atoms with E-state index in [2.05, 4.69) is 27.8 Å². The van der Waals surface area contributed by atoms with E-state index in [1.54, 1.807) is 12.3 Å². The number of benzene rings is 1. The lowest BCUT2D eigenvalue weighted by Gasteiger charge is -2.42. The van der Waals surface area contributed by atoms with Gasteiger partial charge in [0.25, 0.3) is 0 Å². The van der Waals surface area contributed by atoms with Crippen LogP contribution in [0.3, 0.4) is 0 Å². The van der Waals surface area contributed by atoms with Crippen LogP contribution in [0.25, 0.3) is 17.2 Å². The minimum absolute atomic E-state index is 0.162. The average Bonchev–Trinajstić information content (AvgIpc) is 3.30. The smallest absolute Gasteiger partial charge is 0.407 e. The molecule has 176 valence electrons. The zero-order valence-corrected chi connectivity index (χ0v) is 19.9. The van der Waals surface area contributed by atoms with Crippen molar-refractivity contribution in [2.24, 2.45) is 11.8 Å². The lowest BCUT2D eigenvalue weighted by molar-refractivity contribution is 0.129. The van der Waals surface area contributed by atoms with Crippen molar-refractivity contribution in [1.82, 2.24) is 14.7 Å². The lowest BCUT2D eigenvalue weighted by atomic mass is 9.64. The average molecular weight is 478 g/mol. The molecule has 7 heteroatoms. The largest absolute Gasteiger partial charge is 0.450 e. The van der Waals surface area contributed by atoms with Crippen LogP contribution in [-0.2, 0) is 11.2 Å². The number of pyridine rings is 1. The highest BCUT2D eigenvalue weighted by Crippen LogP contribution is 2.47. The molecule has 2 aliphatic carbocycles. The standard InChI is InChI=1S/C27H28FN3O2S/c1-2-33-27(32)30-23-9-10-24-19(14-23)12-20-16-34-31-26(20)25(24)11-8-22-7-6-18(15-29-22)17-4-3-5-21(28)13-17/h3-8,11,13,15-16,19,23-25H,2,9-10,12,14H2,1H3,(H,30,32)/b11-8+/t19-,23-,24-,25+/m1/s1. The minimum atomic E-state index is -0.316. The van der Waals surface area contributed by atoms with Crippen molar-refractivity contribution in [2.75, 3.05) is 6.61 Å². The highest BCUT2D eigenvalue weighted by Gasteiger charge is 2.41. The quantitative estimate of drug-likeness (QED) is 0.473. The molecule has 0 unspecified atom stereocenters. The van der Waals surface area contributed by atoms with Gasteiger partial charge in [0.15, 0.2) is 0 Å². The minimum Gasteiger partial charge on any atom is -0.450 e. The Morgan fingerprint density at radius 2 is 2.18 bits per heavy atom. The summed E-state index contributed by atoms with van der Waals surface area (Å²) in [7, 11) is 0. The zero-order chi connectivity index (χ0) is 23.5. The fourth-order valence-corrected chi connectivity index (χ4v) is 6.17. The number of aromatic nitrogens is 2. The summed E-state index contributed by atoms with van der Waals surface area (Å²) in [4.78, 5) is 16.5. The molecule has 1 aromatic carbocycles. The third kappa shape index (κ3) is 4.89. The molecule has 5 nitrogen and oxygen atoms in total. The molecule has 4 atom stereocenters. The summed E-state index contributed by atoms with van der Waals surface area (Å²) < 4.78 is 23.4. The van der Waals surface area contributed by atoms with E-state index in [1.807, 2.05) is 25.1 Å². The monoisotopic (exact) mass is 477 g/mol. The van der Waals surface area contributed by atoms with E-state index in [4.69, 9.17) is 9.11 Å². The Labute approximate surface area is 203 Å². The van der Waals surface area contributed by atoms with Crippen molar-refractivity contribution in [1.29, 1.82) is 0 Å². The maximum Gasteiger partial charge on any atom is 0.407 e. The van der Waals surface area contributed by atoms with Gasteiger partial charge in [-0.3, -0.25) is 4.98 Å². The van der Waals surface area contributed by atoms with Gasteiger partial charge in [0.05, 0.1) is 18.0 Å². The van der Waals surface area contributed by atoms with Gasteiger partial charge in [0.2, 0.25) is 0 Å². The van der Waals surface area contributed by atoms with Crippen LogP contribution < -0.4 is 5.32 Å². The van der Waals surface area contributed by atoms with Crippen LogP contribution in [0.2, 0.25) is 0 Å². The number of carbonyl (C=O) groups excluding carboxylic acids is 1. The first-order valence-corrected chi connectivity index (χ1v) is 12.7. The molecule has 1 N–H and O–H groups in total. The molecule has 3 aromatic rings. The molecule has 0 bridgehead atoms. The second kappa shape index (κ2) is 10.1. The number of halogens is 1. The van der Waals surface area contributed by atoms with Crippen molar-refractivity contribution in [3.63, 3.8) is 0 Å². The van der Waals surface area contributed by atoms with E-state index in [0.29, 0.717) is 18.4 Å². The lowest BCUT2D eigenvalue weighted by Crippen LogP contribution is -2.44. The fourth-order valence-electron chi connectivity index (χ4n) is 5.42. The summed E-state index contributed by atoms with van der Waals surface area (Å²) in [6, 6.07) is 10.7. The summed E-state index contributed by atoms with van der Waals surface area (Å²) in [5.74, 6) is 0.994. The Morgan fingerprint density at radius 3 is 2.97 bits per heavy atom. The van der Waals surface area contributed by atoms with E-state index >= 15 is 0 Å².